The SMILES string of the molecule is C=C1Cc2cc(C)cnc2N1. The Balaban J connectivity index is 2.51. The van der Waals surface area contributed by atoms with Gasteiger partial charge in [0.05, 0.1) is 0 Å². The van der Waals surface area contributed by atoms with Crippen molar-refractivity contribution in [1.29, 1.82) is 0 Å². The standard InChI is InChI=1S/C9H10N2/c1-6-3-8-4-7(2)11-9(8)10-5-6/h3,5H,2,4H2,1H3,(H,10,11). The zero-order valence-electron chi connectivity index (χ0n) is 6.52. The number of nitrogens with one attached hydrogen (secondary N) is 1. The zero-order chi connectivity index (χ0) is 7.84. The predicted octanol–water partition coefficient (Wildman–Crippen LogP) is 1.87. The van der Waals surface area contributed by atoms with Gasteiger partial charge in [-0.2, -0.15) is 0 Å². The van der Waals surface area contributed by atoms with E-state index in [2.05, 4.69) is 22.9 Å². The van der Waals surface area contributed by atoms with Crippen molar-refractivity contribution in [2.75, 3.05) is 5.32 Å². The van der Waals surface area contributed by atoms with Crippen molar-refractivity contribution in [3.63, 3.8) is 0 Å². The molecule has 2 heterocycles. The molecule has 0 radical (unpaired) electrons. The average Bonchev–Trinajstić information content (AvgIpc) is 2.27. The third kappa shape index (κ3) is 1.00. The summed E-state index contributed by atoms with van der Waals surface area (Å²) in [6, 6.07) is 2.15. The molecule has 0 atom stereocenters. The maximum atomic E-state index is 4.24. The van der Waals surface area contributed by atoms with Crippen LogP contribution in [-0.4, -0.2) is 4.98 Å². The van der Waals surface area contributed by atoms with Crippen LogP contribution in [0.1, 0.15) is 11.1 Å². The Morgan fingerprint density at radius 1 is 1.64 bits per heavy atom. The summed E-state index contributed by atoms with van der Waals surface area (Å²) in [5.41, 5.74) is 3.51. The van der Waals surface area contributed by atoms with Gasteiger partial charge in [0.2, 0.25) is 0 Å². The molecule has 1 aliphatic heterocycles. The van der Waals surface area contributed by atoms with E-state index in [1.807, 2.05) is 13.1 Å². The predicted molar refractivity (Wildman–Crippen MR) is 45.4 cm³/mol. The molecule has 0 spiro atoms. The third-order valence-corrected chi connectivity index (χ3v) is 1.80. The molecule has 56 valence electrons. The molecule has 0 aliphatic carbocycles. The van der Waals surface area contributed by atoms with Gasteiger partial charge >= 0.3 is 0 Å². The van der Waals surface area contributed by atoms with Crippen molar-refractivity contribution in [1.82, 2.24) is 4.98 Å². The summed E-state index contributed by atoms with van der Waals surface area (Å²) < 4.78 is 0. The summed E-state index contributed by atoms with van der Waals surface area (Å²) in [6.07, 6.45) is 2.79. The van der Waals surface area contributed by atoms with Crippen LogP contribution in [-0.2, 0) is 6.42 Å². The second kappa shape index (κ2) is 2.09. The normalized spacial score (nSPS) is 14.5. The Hall–Kier alpha value is -1.31. The lowest BCUT2D eigenvalue weighted by Gasteiger charge is -1.97. The number of hydrogen-bond acceptors (Lipinski definition) is 2. The smallest absolute Gasteiger partial charge is 0.133 e. The number of anilines is 1. The number of rotatable bonds is 0. The van der Waals surface area contributed by atoms with E-state index in [0.717, 1.165) is 17.9 Å². The van der Waals surface area contributed by atoms with Gasteiger partial charge < -0.3 is 5.32 Å². The van der Waals surface area contributed by atoms with Crippen LogP contribution < -0.4 is 5.32 Å². The zero-order valence-corrected chi connectivity index (χ0v) is 6.52. The average molecular weight is 146 g/mol. The molecule has 0 bridgehead atoms. The van der Waals surface area contributed by atoms with E-state index in [4.69, 9.17) is 0 Å². The number of pyridine rings is 1. The van der Waals surface area contributed by atoms with Crippen LogP contribution in [0.2, 0.25) is 0 Å². The van der Waals surface area contributed by atoms with Crippen molar-refractivity contribution >= 4 is 5.82 Å². The van der Waals surface area contributed by atoms with Gasteiger partial charge in [0.15, 0.2) is 0 Å². The highest BCUT2D eigenvalue weighted by atomic mass is 15.0. The fourth-order valence-corrected chi connectivity index (χ4v) is 1.32. The Bertz CT molecular complexity index is 315. The van der Waals surface area contributed by atoms with Crippen LogP contribution in [0.15, 0.2) is 24.5 Å². The highest BCUT2D eigenvalue weighted by Crippen LogP contribution is 2.24. The van der Waals surface area contributed by atoms with Crippen molar-refractivity contribution in [2.45, 2.75) is 13.3 Å². The van der Waals surface area contributed by atoms with Gasteiger partial charge in [0.1, 0.15) is 5.82 Å². The van der Waals surface area contributed by atoms with Gasteiger partial charge in [-0.15, -0.1) is 0 Å². The van der Waals surface area contributed by atoms with Crippen molar-refractivity contribution in [2.24, 2.45) is 0 Å². The summed E-state index contributed by atoms with van der Waals surface area (Å²) in [7, 11) is 0. The highest BCUT2D eigenvalue weighted by molar-refractivity contribution is 5.56. The number of fused-ring (bicyclic) bond motifs is 1. The monoisotopic (exact) mass is 146 g/mol. The van der Waals surface area contributed by atoms with Crippen LogP contribution in [0, 0.1) is 6.92 Å². The van der Waals surface area contributed by atoms with E-state index in [-0.39, 0.29) is 0 Å². The molecule has 1 aromatic rings. The van der Waals surface area contributed by atoms with Crippen LogP contribution in [0.3, 0.4) is 0 Å². The maximum Gasteiger partial charge on any atom is 0.133 e. The van der Waals surface area contributed by atoms with E-state index in [0.29, 0.717) is 0 Å². The largest absolute Gasteiger partial charge is 0.344 e. The lowest BCUT2D eigenvalue weighted by molar-refractivity contribution is 1.22. The highest BCUT2D eigenvalue weighted by Gasteiger charge is 2.13. The van der Waals surface area contributed by atoms with Gasteiger partial charge in [-0.05, 0) is 12.5 Å². The molecule has 1 aromatic heterocycles. The molecule has 0 saturated heterocycles. The van der Waals surface area contributed by atoms with E-state index >= 15 is 0 Å². The second-order valence-corrected chi connectivity index (χ2v) is 2.93. The summed E-state index contributed by atoms with van der Waals surface area (Å²) in [6.45, 7) is 5.90. The minimum Gasteiger partial charge on any atom is -0.344 e. The lowest BCUT2D eigenvalue weighted by Crippen LogP contribution is -1.89. The first kappa shape index (κ1) is 6.40. The number of aryl methyl sites for hydroxylation is 1. The molecular weight excluding hydrogens is 136 g/mol. The summed E-state index contributed by atoms with van der Waals surface area (Å²) >= 11 is 0. The Kier molecular flexibility index (Phi) is 1.22. The molecule has 2 nitrogen and oxygen atoms in total. The first-order valence-corrected chi connectivity index (χ1v) is 3.66. The molecule has 0 saturated carbocycles. The molecular formula is C9H10N2. The van der Waals surface area contributed by atoms with Crippen LogP contribution >= 0.6 is 0 Å². The van der Waals surface area contributed by atoms with Crippen LogP contribution in [0.4, 0.5) is 5.82 Å². The first-order valence-electron chi connectivity index (χ1n) is 3.66. The fraction of sp³-hybridized carbons (Fsp3) is 0.222. The molecule has 1 aliphatic rings. The van der Waals surface area contributed by atoms with E-state index in [9.17, 15) is 0 Å². The number of allylic oxidation sites excluding steroid dienone is 1. The van der Waals surface area contributed by atoms with Gasteiger partial charge in [-0.3, -0.25) is 0 Å². The Morgan fingerprint density at radius 2 is 2.45 bits per heavy atom. The second-order valence-electron chi connectivity index (χ2n) is 2.93. The molecule has 0 aromatic carbocycles. The molecule has 2 rings (SSSR count). The van der Waals surface area contributed by atoms with Gasteiger partial charge in [0, 0.05) is 23.9 Å². The number of aromatic nitrogens is 1. The molecule has 11 heavy (non-hydrogen) atoms. The van der Waals surface area contributed by atoms with Gasteiger partial charge in [0.25, 0.3) is 0 Å². The van der Waals surface area contributed by atoms with Crippen molar-refractivity contribution in [3.8, 4) is 0 Å². The van der Waals surface area contributed by atoms with E-state index in [1.54, 1.807) is 0 Å². The summed E-state index contributed by atoms with van der Waals surface area (Å²) in [5, 5.41) is 3.12. The Labute approximate surface area is 66.0 Å². The lowest BCUT2D eigenvalue weighted by atomic mass is 10.2. The quantitative estimate of drug-likeness (QED) is 0.604. The van der Waals surface area contributed by atoms with Gasteiger partial charge in [-0.25, -0.2) is 4.98 Å². The van der Waals surface area contributed by atoms with Crippen LogP contribution in [0.5, 0.6) is 0 Å². The van der Waals surface area contributed by atoms with Crippen molar-refractivity contribution < 1.29 is 0 Å². The minimum atomic E-state index is 0.921. The molecule has 1 N–H and O–H groups in total. The fourth-order valence-electron chi connectivity index (χ4n) is 1.32. The van der Waals surface area contributed by atoms with Crippen molar-refractivity contribution in [3.05, 3.63) is 35.7 Å². The molecule has 0 unspecified atom stereocenters. The van der Waals surface area contributed by atoms with E-state index in [1.165, 1.54) is 11.1 Å². The molecule has 0 amide bonds. The van der Waals surface area contributed by atoms with Gasteiger partial charge in [-0.1, -0.05) is 12.6 Å². The number of nitrogens with zero attached hydrogens (tertiary/aromatic N) is 1. The maximum absolute atomic E-state index is 4.24. The Morgan fingerprint density at radius 3 is 3.27 bits per heavy atom. The van der Waals surface area contributed by atoms with Crippen LogP contribution in [0.25, 0.3) is 0 Å². The molecule has 2 heteroatoms. The first-order chi connectivity index (χ1) is 5.25. The summed E-state index contributed by atoms with van der Waals surface area (Å²) in [4.78, 5) is 4.24. The topological polar surface area (TPSA) is 24.9 Å². The van der Waals surface area contributed by atoms with E-state index < -0.39 is 0 Å². The third-order valence-electron chi connectivity index (χ3n) is 1.80. The molecule has 0 fully saturated rings. The number of hydrogen-bond donors (Lipinski definition) is 1. The minimum absolute atomic E-state index is 0.921. The summed E-state index contributed by atoms with van der Waals surface area (Å²) in [5.74, 6) is 0.973.